The zero-order chi connectivity index (χ0) is 27.9. The molecule has 0 heterocycles. The minimum absolute atomic E-state index is 0. The summed E-state index contributed by atoms with van der Waals surface area (Å²) in [5.41, 5.74) is 11.4. The Kier molecular flexibility index (Phi) is 19.9. The molecule has 230 valence electrons. The molecule has 6 heteroatoms. The van der Waals surface area contributed by atoms with Crippen LogP contribution in [0.4, 0.5) is 11.4 Å². The van der Waals surface area contributed by atoms with Gasteiger partial charge < -0.3 is 40.8 Å². The minimum atomic E-state index is 0. The van der Waals surface area contributed by atoms with Crippen LogP contribution in [0.15, 0.2) is 24.3 Å². The Hall–Kier alpha value is -0.901. The number of hydrogen-bond donors (Lipinski definition) is 3. The number of benzene rings is 2. The average molecular weight is 635 g/mol. The van der Waals surface area contributed by atoms with Gasteiger partial charge in [0.25, 0.3) is 0 Å². The van der Waals surface area contributed by atoms with E-state index in [0.717, 1.165) is 26.2 Å². The Morgan fingerprint density at radius 1 is 0.425 bits per heavy atom. The van der Waals surface area contributed by atoms with E-state index in [1.165, 1.54) is 44.8 Å². The largest absolute Gasteiger partial charge is 2.00 e. The monoisotopic (exact) mass is 633 g/mol. The predicted octanol–water partition coefficient (Wildman–Crippen LogP) is 3.55. The van der Waals surface area contributed by atoms with Gasteiger partial charge in [-0.05, 0) is 68.9 Å². The zero-order valence-electron chi connectivity index (χ0n) is 27.2. The molecular formula is C34H57Cl2FeN3. The van der Waals surface area contributed by atoms with Crippen LogP contribution >= 0.6 is 0 Å². The SMILES string of the molecule is CC(C)c1cc(C(C)C)c(NCCNCCNc2c(C(C)C)cc(C(C)C)cc2C(C)C)c(C(C)C)c1.[Cl-].[Cl-].[Fe+2]. The average Bonchev–Trinajstić information content (AvgIpc) is 2.81. The molecule has 0 fully saturated rings. The van der Waals surface area contributed by atoms with Crippen molar-refractivity contribution in [1.82, 2.24) is 5.32 Å². The maximum atomic E-state index is 3.80. The van der Waals surface area contributed by atoms with Crippen molar-refractivity contribution < 1.29 is 41.9 Å². The maximum absolute atomic E-state index is 3.80. The van der Waals surface area contributed by atoms with Crippen LogP contribution in [0.5, 0.6) is 0 Å². The third-order valence-electron chi connectivity index (χ3n) is 7.47. The molecule has 2 aromatic rings. The van der Waals surface area contributed by atoms with Crippen molar-refractivity contribution in [2.24, 2.45) is 0 Å². The molecule has 0 aromatic heterocycles. The molecule has 3 N–H and O–H groups in total. The second-order valence-corrected chi connectivity index (χ2v) is 12.7. The fourth-order valence-corrected chi connectivity index (χ4v) is 5.00. The van der Waals surface area contributed by atoms with Gasteiger partial charge in [0.2, 0.25) is 0 Å². The Labute approximate surface area is 270 Å². The van der Waals surface area contributed by atoms with Crippen molar-refractivity contribution in [3.05, 3.63) is 57.6 Å². The summed E-state index contributed by atoms with van der Waals surface area (Å²) in [6.07, 6.45) is 0. The van der Waals surface area contributed by atoms with Crippen molar-refractivity contribution in [2.45, 2.75) is 119 Å². The summed E-state index contributed by atoms with van der Waals surface area (Å²) in [4.78, 5) is 0. The molecule has 0 bridgehead atoms. The molecule has 0 aliphatic heterocycles. The summed E-state index contributed by atoms with van der Waals surface area (Å²) >= 11 is 0. The van der Waals surface area contributed by atoms with Gasteiger partial charge in [-0.15, -0.1) is 0 Å². The van der Waals surface area contributed by atoms with Crippen molar-refractivity contribution in [2.75, 3.05) is 36.8 Å². The van der Waals surface area contributed by atoms with Crippen LogP contribution in [0.25, 0.3) is 0 Å². The van der Waals surface area contributed by atoms with Gasteiger partial charge in [0.15, 0.2) is 0 Å². The number of hydrogen-bond acceptors (Lipinski definition) is 3. The van der Waals surface area contributed by atoms with Crippen LogP contribution in [0, 0.1) is 0 Å². The molecule has 0 aliphatic rings. The molecule has 0 unspecified atom stereocenters. The normalized spacial score (nSPS) is 11.2. The first-order valence-electron chi connectivity index (χ1n) is 14.9. The van der Waals surface area contributed by atoms with E-state index in [4.69, 9.17) is 0 Å². The van der Waals surface area contributed by atoms with E-state index in [1.807, 2.05) is 0 Å². The Morgan fingerprint density at radius 3 is 0.875 bits per heavy atom. The van der Waals surface area contributed by atoms with Crippen LogP contribution in [-0.2, 0) is 17.1 Å². The van der Waals surface area contributed by atoms with E-state index in [9.17, 15) is 0 Å². The standard InChI is InChI=1S/C34H57N3.2ClH.Fe/c1-21(2)27-17-29(23(5)6)33(30(18-27)24(7)8)36-15-13-35-14-16-37-34-31(25(9)10)19-28(22(3)4)20-32(34)26(11)12;;;/h17-26,35-37H,13-16H2,1-12H3;2*1H;/q;;;+2/p-2. The van der Waals surface area contributed by atoms with Gasteiger partial charge in [-0.3, -0.25) is 0 Å². The first-order chi connectivity index (χ1) is 17.3. The fraction of sp³-hybridized carbons (Fsp3) is 0.647. The molecule has 40 heavy (non-hydrogen) atoms. The van der Waals surface area contributed by atoms with Crippen molar-refractivity contribution in [3.63, 3.8) is 0 Å². The molecular weight excluding hydrogens is 577 g/mol. The molecule has 2 aromatic carbocycles. The molecule has 0 saturated heterocycles. The maximum Gasteiger partial charge on any atom is 2.00 e. The Morgan fingerprint density at radius 2 is 0.675 bits per heavy atom. The minimum Gasteiger partial charge on any atom is -1.00 e. The second kappa shape index (κ2) is 19.3. The Balaban J connectivity index is 0. The summed E-state index contributed by atoms with van der Waals surface area (Å²) in [6.45, 7) is 31.4. The van der Waals surface area contributed by atoms with E-state index in [1.54, 1.807) is 0 Å². The molecule has 0 saturated carbocycles. The summed E-state index contributed by atoms with van der Waals surface area (Å²) in [6, 6.07) is 9.68. The van der Waals surface area contributed by atoms with Crippen molar-refractivity contribution >= 4 is 11.4 Å². The fourth-order valence-electron chi connectivity index (χ4n) is 5.00. The summed E-state index contributed by atoms with van der Waals surface area (Å²) in [5, 5.41) is 11.3. The molecule has 0 amide bonds. The first-order valence-corrected chi connectivity index (χ1v) is 14.9. The van der Waals surface area contributed by atoms with Gasteiger partial charge in [-0.25, -0.2) is 0 Å². The van der Waals surface area contributed by atoms with E-state index >= 15 is 0 Å². The van der Waals surface area contributed by atoms with Gasteiger partial charge in [0.05, 0.1) is 0 Å². The predicted molar refractivity (Wildman–Crippen MR) is 167 cm³/mol. The number of rotatable bonds is 14. The van der Waals surface area contributed by atoms with Crippen LogP contribution in [0.3, 0.4) is 0 Å². The molecule has 2 rings (SSSR count). The topological polar surface area (TPSA) is 36.1 Å². The zero-order valence-corrected chi connectivity index (χ0v) is 29.8. The molecule has 0 radical (unpaired) electrons. The van der Waals surface area contributed by atoms with Gasteiger partial charge in [0.1, 0.15) is 0 Å². The van der Waals surface area contributed by atoms with E-state index < -0.39 is 0 Å². The smallest absolute Gasteiger partial charge is 1.00 e. The molecule has 0 spiro atoms. The van der Waals surface area contributed by atoms with Gasteiger partial charge in [0, 0.05) is 37.6 Å². The van der Waals surface area contributed by atoms with Gasteiger partial charge in [-0.2, -0.15) is 0 Å². The van der Waals surface area contributed by atoms with Crippen molar-refractivity contribution in [1.29, 1.82) is 0 Å². The van der Waals surface area contributed by atoms with Crippen LogP contribution < -0.4 is 40.8 Å². The van der Waals surface area contributed by atoms with Crippen molar-refractivity contribution in [3.8, 4) is 0 Å². The molecule has 0 atom stereocenters. The van der Waals surface area contributed by atoms with Crippen LogP contribution in [0.2, 0.25) is 0 Å². The van der Waals surface area contributed by atoms with E-state index in [-0.39, 0.29) is 41.9 Å². The summed E-state index contributed by atoms with van der Waals surface area (Å²) in [7, 11) is 0. The van der Waals surface area contributed by atoms with Crippen LogP contribution in [0.1, 0.15) is 152 Å². The number of anilines is 2. The molecule has 0 aliphatic carbocycles. The number of nitrogens with one attached hydrogen (secondary N) is 3. The number of halogens is 2. The molecule has 3 nitrogen and oxygen atoms in total. The van der Waals surface area contributed by atoms with E-state index in [0.29, 0.717) is 35.5 Å². The van der Waals surface area contributed by atoms with Gasteiger partial charge >= 0.3 is 17.1 Å². The third kappa shape index (κ3) is 11.4. The van der Waals surface area contributed by atoms with E-state index in [2.05, 4.69) is 123 Å². The van der Waals surface area contributed by atoms with Gasteiger partial charge in [-0.1, -0.05) is 107 Å². The summed E-state index contributed by atoms with van der Waals surface area (Å²) < 4.78 is 0. The quantitative estimate of drug-likeness (QED) is 0.220. The first kappa shape index (κ1) is 41.2. The summed E-state index contributed by atoms with van der Waals surface area (Å²) in [5.74, 6) is 3.11. The van der Waals surface area contributed by atoms with Crippen LogP contribution in [-0.4, -0.2) is 26.2 Å². The third-order valence-corrected chi connectivity index (χ3v) is 7.47. The Bertz CT molecular complexity index is 863. The second-order valence-electron chi connectivity index (χ2n) is 12.7.